The van der Waals surface area contributed by atoms with Crippen molar-refractivity contribution in [3.63, 3.8) is 0 Å². The molecule has 0 aromatic carbocycles. The third-order valence-electron chi connectivity index (χ3n) is 2.79. The van der Waals surface area contributed by atoms with Gasteiger partial charge in [0.2, 0.25) is 0 Å². The average Bonchev–Trinajstić information content (AvgIpc) is 2.19. The van der Waals surface area contributed by atoms with Gasteiger partial charge in [-0.15, -0.1) is 0 Å². The van der Waals surface area contributed by atoms with Gasteiger partial charge in [0.25, 0.3) is 0 Å². The molecule has 0 saturated carbocycles. The van der Waals surface area contributed by atoms with E-state index in [0.717, 1.165) is 25.9 Å². The average molecular weight is 199 g/mol. The van der Waals surface area contributed by atoms with Crippen molar-refractivity contribution in [1.29, 1.82) is 0 Å². The van der Waals surface area contributed by atoms with Gasteiger partial charge in [-0.05, 0) is 45.7 Å². The number of amides is 2. The number of piperidine rings is 1. The molecule has 4 nitrogen and oxygen atoms in total. The molecule has 1 unspecified atom stereocenters. The number of urea groups is 1. The Hall–Kier alpha value is -0.770. The van der Waals surface area contributed by atoms with Gasteiger partial charge < -0.3 is 16.0 Å². The fraction of sp³-hybridized carbons (Fsp3) is 0.900. The fourth-order valence-corrected chi connectivity index (χ4v) is 1.88. The minimum atomic E-state index is -0.0430. The van der Waals surface area contributed by atoms with E-state index in [1.807, 2.05) is 6.92 Å². The van der Waals surface area contributed by atoms with Crippen molar-refractivity contribution in [2.45, 2.75) is 32.7 Å². The predicted octanol–water partition coefficient (Wildman–Crippen LogP) is 0.694. The van der Waals surface area contributed by atoms with Crippen LogP contribution in [0, 0.1) is 5.92 Å². The highest BCUT2D eigenvalue weighted by Crippen LogP contribution is 2.15. The number of rotatable bonds is 3. The van der Waals surface area contributed by atoms with Crippen molar-refractivity contribution in [2.24, 2.45) is 5.92 Å². The molecule has 1 saturated heterocycles. The second kappa shape index (κ2) is 5.86. The smallest absolute Gasteiger partial charge is 0.314 e. The first-order chi connectivity index (χ1) is 6.74. The molecule has 4 heteroatoms. The molecule has 2 amide bonds. The highest BCUT2D eigenvalue weighted by Gasteiger charge is 2.20. The third-order valence-corrected chi connectivity index (χ3v) is 2.79. The Morgan fingerprint density at radius 3 is 2.71 bits per heavy atom. The quantitative estimate of drug-likeness (QED) is 0.626. The normalized spacial score (nSPS) is 20.1. The molecule has 0 aromatic rings. The fourth-order valence-electron chi connectivity index (χ4n) is 1.88. The van der Waals surface area contributed by atoms with Crippen LogP contribution in [0.2, 0.25) is 0 Å². The molecule has 0 bridgehead atoms. The molecule has 0 spiro atoms. The van der Waals surface area contributed by atoms with Crippen molar-refractivity contribution >= 4 is 6.03 Å². The molecule has 0 radical (unpaired) electrons. The van der Waals surface area contributed by atoms with Crippen LogP contribution in [0.15, 0.2) is 0 Å². The maximum Gasteiger partial charge on any atom is 0.314 e. The first-order valence-corrected chi connectivity index (χ1v) is 5.49. The zero-order valence-corrected chi connectivity index (χ0v) is 9.10. The van der Waals surface area contributed by atoms with Crippen molar-refractivity contribution < 1.29 is 4.79 Å². The molecular formula is C10H21N3O. The van der Waals surface area contributed by atoms with Gasteiger partial charge in [0.1, 0.15) is 0 Å². The van der Waals surface area contributed by atoms with Gasteiger partial charge in [-0.1, -0.05) is 0 Å². The molecule has 0 aromatic heterocycles. The van der Waals surface area contributed by atoms with E-state index in [2.05, 4.69) is 22.9 Å². The van der Waals surface area contributed by atoms with Crippen LogP contribution in [0.25, 0.3) is 0 Å². The van der Waals surface area contributed by atoms with E-state index in [1.165, 1.54) is 0 Å². The van der Waals surface area contributed by atoms with Crippen LogP contribution >= 0.6 is 0 Å². The lowest BCUT2D eigenvalue weighted by molar-refractivity contribution is 0.227. The van der Waals surface area contributed by atoms with Crippen molar-refractivity contribution in [3.8, 4) is 0 Å². The maximum absolute atomic E-state index is 11.3. The summed E-state index contributed by atoms with van der Waals surface area (Å²) in [5.74, 6) is 0.624. The Kier molecular flexibility index (Phi) is 4.73. The molecule has 1 aliphatic rings. The summed E-state index contributed by atoms with van der Waals surface area (Å²) >= 11 is 0. The monoisotopic (exact) mass is 199 g/mol. The molecule has 1 aliphatic heterocycles. The van der Waals surface area contributed by atoms with E-state index in [9.17, 15) is 4.79 Å². The lowest BCUT2D eigenvalue weighted by Crippen LogP contribution is -2.46. The van der Waals surface area contributed by atoms with Crippen molar-refractivity contribution in [1.82, 2.24) is 16.0 Å². The van der Waals surface area contributed by atoms with Crippen LogP contribution in [0.3, 0.4) is 0 Å². The highest BCUT2D eigenvalue weighted by atomic mass is 16.2. The molecule has 14 heavy (non-hydrogen) atoms. The van der Waals surface area contributed by atoms with Gasteiger partial charge in [-0.25, -0.2) is 4.79 Å². The van der Waals surface area contributed by atoms with Gasteiger partial charge in [0, 0.05) is 12.6 Å². The molecule has 1 atom stereocenters. The first kappa shape index (κ1) is 11.3. The van der Waals surface area contributed by atoms with E-state index < -0.39 is 0 Å². The number of carbonyl (C=O) groups excluding carboxylic acids is 1. The number of hydrogen-bond acceptors (Lipinski definition) is 2. The van der Waals surface area contributed by atoms with Gasteiger partial charge in [-0.2, -0.15) is 0 Å². The minimum Gasteiger partial charge on any atom is -0.338 e. The van der Waals surface area contributed by atoms with Crippen molar-refractivity contribution in [2.75, 3.05) is 19.6 Å². The van der Waals surface area contributed by atoms with Gasteiger partial charge in [0.05, 0.1) is 0 Å². The first-order valence-electron chi connectivity index (χ1n) is 5.49. The van der Waals surface area contributed by atoms with Crippen LogP contribution < -0.4 is 16.0 Å². The number of carbonyl (C=O) groups is 1. The SMILES string of the molecule is CCNC(=O)NC(C)C1CCNCC1. The molecule has 1 rings (SSSR count). The lowest BCUT2D eigenvalue weighted by Gasteiger charge is -2.28. The topological polar surface area (TPSA) is 53.2 Å². The molecule has 0 aliphatic carbocycles. The van der Waals surface area contributed by atoms with Gasteiger partial charge in [0.15, 0.2) is 0 Å². The Morgan fingerprint density at radius 1 is 1.50 bits per heavy atom. The van der Waals surface area contributed by atoms with Crippen molar-refractivity contribution in [3.05, 3.63) is 0 Å². The number of nitrogens with one attached hydrogen (secondary N) is 3. The minimum absolute atomic E-state index is 0.0430. The van der Waals surface area contributed by atoms with Gasteiger partial charge in [-0.3, -0.25) is 0 Å². The molecule has 82 valence electrons. The summed E-state index contributed by atoms with van der Waals surface area (Å²) in [6.45, 7) is 6.85. The summed E-state index contributed by atoms with van der Waals surface area (Å²) in [6, 6.07) is 0.238. The van der Waals surface area contributed by atoms with E-state index in [1.54, 1.807) is 0 Å². The summed E-state index contributed by atoms with van der Waals surface area (Å²) in [7, 11) is 0. The van der Waals surface area contributed by atoms with Crippen LogP contribution in [0.4, 0.5) is 4.79 Å². The van der Waals surface area contributed by atoms with Crippen LogP contribution in [-0.2, 0) is 0 Å². The summed E-state index contributed by atoms with van der Waals surface area (Å²) in [5, 5.41) is 9.04. The molecular weight excluding hydrogens is 178 g/mol. The zero-order chi connectivity index (χ0) is 10.4. The van der Waals surface area contributed by atoms with E-state index >= 15 is 0 Å². The molecule has 1 fully saturated rings. The second-order valence-electron chi connectivity index (χ2n) is 3.88. The number of hydrogen-bond donors (Lipinski definition) is 3. The van der Waals surface area contributed by atoms with Crippen LogP contribution in [0.5, 0.6) is 0 Å². The summed E-state index contributed by atoms with van der Waals surface area (Å²) in [6.07, 6.45) is 2.32. The summed E-state index contributed by atoms with van der Waals surface area (Å²) in [4.78, 5) is 11.3. The second-order valence-corrected chi connectivity index (χ2v) is 3.88. The Balaban J connectivity index is 2.25. The summed E-state index contributed by atoms with van der Waals surface area (Å²) < 4.78 is 0. The Bertz CT molecular complexity index is 178. The summed E-state index contributed by atoms with van der Waals surface area (Å²) in [5.41, 5.74) is 0. The Labute approximate surface area is 85.8 Å². The van der Waals surface area contributed by atoms with Gasteiger partial charge >= 0.3 is 6.03 Å². The highest BCUT2D eigenvalue weighted by molar-refractivity contribution is 5.74. The van der Waals surface area contributed by atoms with Crippen LogP contribution in [0.1, 0.15) is 26.7 Å². The largest absolute Gasteiger partial charge is 0.338 e. The third kappa shape index (κ3) is 3.54. The molecule has 3 N–H and O–H groups in total. The molecule has 1 heterocycles. The van der Waals surface area contributed by atoms with E-state index in [4.69, 9.17) is 0 Å². The maximum atomic E-state index is 11.3. The zero-order valence-electron chi connectivity index (χ0n) is 9.10. The Morgan fingerprint density at radius 2 is 2.14 bits per heavy atom. The standard InChI is InChI=1S/C10H21N3O/c1-3-12-10(14)13-8(2)9-4-6-11-7-5-9/h8-9,11H,3-7H2,1-2H3,(H2,12,13,14). The van der Waals surface area contributed by atoms with E-state index in [0.29, 0.717) is 12.5 Å². The van der Waals surface area contributed by atoms with E-state index in [-0.39, 0.29) is 12.1 Å². The lowest BCUT2D eigenvalue weighted by atomic mass is 9.91. The predicted molar refractivity (Wildman–Crippen MR) is 57.3 cm³/mol. The van der Waals surface area contributed by atoms with Crippen LogP contribution in [-0.4, -0.2) is 31.7 Å².